The highest BCUT2D eigenvalue weighted by atomic mass is 16.2. The number of rotatable bonds is 8. The van der Waals surface area contributed by atoms with Crippen LogP contribution in [0.25, 0.3) is 0 Å². The van der Waals surface area contributed by atoms with E-state index < -0.39 is 5.66 Å². The minimum Gasteiger partial charge on any atom is -0.356 e. The van der Waals surface area contributed by atoms with Gasteiger partial charge < -0.3 is 5.32 Å². The van der Waals surface area contributed by atoms with Crippen molar-refractivity contribution in [2.45, 2.75) is 37.8 Å². The van der Waals surface area contributed by atoms with E-state index in [-0.39, 0.29) is 24.7 Å². The largest absolute Gasteiger partial charge is 0.356 e. The lowest BCUT2D eigenvalue weighted by Gasteiger charge is -2.10. The van der Waals surface area contributed by atoms with Crippen molar-refractivity contribution in [3.8, 4) is 12.3 Å². The van der Waals surface area contributed by atoms with Gasteiger partial charge in [-0.15, -0.1) is 12.3 Å². The molecule has 2 aliphatic heterocycles. The molecule has 0 aromatic heterocycles. The van der Waals surface area contributed by atoms with E-state index in [0.717, 1.165) is 0 Å². The Balaban J connectivity index is 1.46. The van der Waals surface area contributed by atoms with Crippen LogP contribution < -0.4 is 10.3 Å². The molecule has 25 heavy (non-hydrogen) atoms. The first-order valence-corrected chi connectivity index (χ1v) is 8.20. The molecule has 2 amide bonds. The van der Waals surface area contributed by atoms with E-state index in [1.54, 1.807) is 0 Å². The molecule has 128 valence electrons. The minimum atomic E-state index is -0.398. The fourth-order valence-electron chi connectivity index (χ4n) is 2.67. The number of hydrogen-bond acceptors (Lipinski definition) is 5. The molecule has 1 aromatic rings. The van der Waals surface area contributed by atoms with Crippen molar-refractivity contribution in [2.75, 3.05) is 11.6 Å². The molecule has 0 saturated carbocycles. The van der Waals surface area contributed by atoms with Gasteiger partial charge in [0, 0.05) is 25.8 Å². The zero-order valence-corrected chi connectivity index (χ0v) is 13.8. The quantitative estimate of drug-likeness (QED) is 0.738. The van der Waals surface area contributed by atoms with Crippen LogP contribution in [0.3, 0.4) is 0 Å². The number of nitrogens with zero attached hydrogens (tertiary/aromatic N) is 4. The molecule has 0 atom stereocenters. The maximum atomic E-state index is 12.1. The summed E-state index contributed by atoms with van der Waals surface area (Å²) in [4.78, 5) is 24.1. The fourth-order valence-corrected chi connectivity index (χ4v) is 2.67. The molecule has 0 fully saturated rings. The summed E-state index contributed by atoms with van der Waals surface area (Å²) in [6, 6.07) is 9.17. The third kappa shape index (κ3) is 4.29. The molecule has 2 aliphatic rings. The summed E-state index contributed by atoms with van der Waals surface area (Å²) in [6.45, 7) is 0.472. The summed E-state index contributed by atoms with van der Waals surface area (Å²) in [6.07, 6.45) is 7.50. The number of terminal acetylenes is 1. The fraction of sp³-hybridized carbons (Fsp3) is 0.389. The van der Waals surface area contributed by atoms with Crippen molar-refractivity contribution in [2.24, 2.45) is 15.3 Å². The van der Waals surface area contributed by atoms with Crippen LogP contribution >= 0.6 is 0 Å². The maximum absolute atomic E-state index is 12.1. The SMILES string of the molecule is C#CCCC1(CCNC(=O)CC2=NN(c3ccccc3)C(=O)C2)N=N1. The van der Waals surface area contributed by atoms with Crippen LogP contribution in [0.2, 0.25) is 0 Å². The summed E-state index contributed by atoms with van der Waals surface area (Å²) in [7, 11) is 0. The molecule has 0 spiro atoms. The van der Waals surface area contributed by atoms with Gasteiger partial charge in [0.25, 0.3) is 5.91 Å². The van der Waals surface area contributed by atoms with E-state index in [1.165, 1.54) is 5.01 Å². The van der Waals surface area contributed by atoms with E-state index in [9.17, 15) is 9.59 Å². The second-order valence-corrected chi connectivity index (χ2v) is 6.05. The highest BCUT2D eigenvalue weighted by molar-refractivity contribution is 6.17. The molecule has 0 bridgehead atoms. The van der Waals surface area contributed by atoms with Gasteiger partial charge in [0.05, 0.1) is 24.2 Å². The van der Waals surface area contributed by atoms with Crippen LogP contribution in [0.1, 0.15) is 32.1 Å². The predicted octanol–water partition coefficient (Wildman–Crippen LogP) is 2.25. The van der Waals surface area contributed by atoms with Crippen LogP contribution in [0.5, 0.6) is 0 Å². The Morgan fingerprint density at radius 3 is 2.72 bits per heavy atom. The molecule has 3 rings (SSSR count). The van der Waals surface area contributed by atoms with Gasteiger partial charge in [0.15, 0.2) is 5.66 Å². The molecule has 7 nitrogen and oxygen atoms in total. The Labute approximate surface area is 146 Å². The van der Waals surface area contributed by atoms with E-state index >= 15 is 0 Å². The average Bonchev–Trinajstić information content (AvgIpc) is 3.29. The van der Waals surface area contributed by atoms with Gasteiger partial charge in [-0.1, -0.05) is 18.2 Å². The van der Waals surface area contributed by atoms with Gasteiger partial charge in [-0.2, -0.15) is 15.3 Å². The summed E-state index contributed by atoms with van der Waals surface area (Å²) in [5, 5.41) is 16.5. The van der Waals surface area contributed by atoms with E-state index in [0.29, 0.717) is 37.2 Å². The number of benzene rings is 1. The minimum absolute atomic E-state index is 0.112. The monoisotopic (exact) mass is 337 g/mol. The number of hydrogen-bond donors (Lipinski definition) is 1. The lowest BCUT2D eigenvalue weighted by molar-refractivity contribution is -0.119. The highest BCUT2D eigenvalue weighted by Crippen LogP contribution is 2.36. The van der Waals surface area contributed by atoms with E-state index in [4.69, 9.17) is 6.42 Å². The number of carbonyl (C=O) groups is 2. The second kappa shape index (κ2) is 7.26. The third-order valence-electron chi connectivity index (χ3n) is 4.10. The molecular formula is C18H19N5O2. The van der Waals surface area contributed by atoms with E-state index in [2.05, 4.69) is 26.6 Å². The number of anilines is 1. The average molecular weight is 337 g/mol. The van der Waals surface area contributed by atoms with Crippen molar-refractivity contribution in [3.63, 3.8) is 0 Å². The van der Waals surface area contributed by atoms with Gasteiger partial charge in [0.2, 0.25) is 5.91 Å². The molecule has 0 radical (unpaired) electrons. The van der Waals surface area contributed by atoms with Crippen molar-refractivity contribution in [1.82, 2.24) is 5.32 Å². The summed E-state index contributed by atoms with van der Waals surface area (Å²) < 4.78 is 0. The standard InChI is InChI=1S/C18H19N5O2/c1-2-3-9-18(21-22-18)10-11-19-16(24)12-14-13-17(25)23(20-14)15-7-5-4-6-8-15/h1,4-8H,3,9-13H2,(H,19,24). The van der Waals surface area contributed by atoms with Gasteiger partial charge in [0.1, 0.15) is 0 Å². The highest BCUT2D eigenvalue weighted by Gasteiger charge is 2.38. The Morgan fingerprint density at radius 2 is 2.04 bits per heavy atom. The van der Waals surface area contributed by atoms with Crippen LogP contribution in [0, 0.1) is 12.3 Å². The normalized spacial score (nSPS) is 17.2. The molecule has 1 aromatic carbocycles. The second-order valence-electron chi connectivity index (χ2n) is 6.05. The van der Waals surface area contributed by atoms with Crippen molar-refractivity contribution in [3.05, 3.63) is 30.3 Å². The molecular weight excluding hydrogens is 318 g/mol. The van der Waals surface area contributed by atoms with Gasteiger partial charge in [-0.05, 0) is 12.1 Å². The maximum Gasteiger partial charge on any atom is 0.253 e. The topological polar surface area (TPSA) is 86.5 Å². The lowest BCUT2D eigenvalue weighted by Crippen LogP contribution is -2.29. The Morgan fingerprint density at radius 1 is 1.28 bits per heavy atom. The molecule has 0 saturated heterocycles. The van der Waals surface area contributed by atoms with Crippen LogP contribution in [-0.2, 0) is 9.59 Å². The molecule has 1 N–H and O–H groups in total. The lowest BCUT2D eigenvalue weighted by atomic mass is 10.0. The number of hydrazone groups is 1. The Kier molecular flexibility index (Phi) is 4.89. The van der Waals surface area contributed by atoms with E-state index in [1.807, 2.05) is 30.3 Å². The predicted molar refractivity (Wildman–Crippen MR) is 93.9 cm³/mol. The summed E-state index contributed by atoms with van der Waals surface area (Å²) in [5.41, 5.74) is 0.870. The Bertz CT molecular complexity index is 757. The van der Waals surface area contributed by atoms with Crippen molar-refractivity contribution in [1.29, 1.82) is 0 Å². The molecule has 0 unspecified atom stereocenters. The zero-order chi connectivity index (χ0) is 17.7. The first-order chi connectivity index (χ1) is 12.1. The van der Waals surface area contributed by atoms with Crippen LogP contribution in [0.4, 0.5) is 5.69 Å². The number of nitrogens with one attached hydrogen (secondary N) is 1. The summed E-state index contributed by atoms with van der Waals surface area (Å²) >= 11 is 0. The number of amides is 2. The first-order valence-electron chi connectivity index (χ1n) is 8.20. The third-order valence-corrected chi connectivity index (χ3v) is 4.10. The number of carbonyl (C=O) groups excluding carboxylic acids is 2. The smallest absolute Gasteiger partial charge is 0.253 e. The molecule has 0 aliphatic carbocycles. The van der Waals surface area contributed by atoms with Gasteiger partial charge in [-0.3, -0.25) is 9.59 Å². The van der Waals surface area contributed by atoms with Crippen molar-refractivity contribution >= 4 is 23.2 Å². The molecule has 7 heteroatoms. The molecule has 2 heterocycles. The number of para-hydroxylation sites is 1. The Hall–Kier alpha value is -3.01. The van der Waals surface area contributed by atoms with Gasteiger partial charge >= 0.3 is 0 Å². The van der Waals surface area contributed by atoms with Crippen LogP contribution in [0.15, 0.2) is 45.7 Å². The van der Waals surface area contributed by atoms with Crippen molar-refractivity contribution < 1.29 is 9.59 Å². The van der Waals surface area contributed by atoms with Gasteiger partial charge in [-0.25, -0.2) is 5.01 Å². The van der Waals surface area contributed by atoms with Crippen LogP contribution in [-0.4, -0.2) is 29.7 Å². The first kappa shape index (κ1) is 16.8. The zero-order valence-electron chi connectivity index (χ0n) is 13.8. The summed E-state index contributed by atoms with van der Waals surface area (Å²) in [5.74, 6) is 2.29.